The summed E-state index contributed by atoms with van der Waals surface area (Å²) < 4.78 is 11.2. The summed E-state index contributed by atoms with van der Waals surface area (Å²) in [5.41, 5.74) is 0.413. The van der Waals surface area contributed by atoms with E-state index in [1.807, 2.05) is 6.07 Å². The van der Waals surface area contributed by atoms with Gasteiger partial charge < -0.3 is 24.9 Å². The van der Waals surface area contributed by atoms with Gasteiger partial charge in [0.1, 0.15) is 6.10 Å². The Labute approximate surface area is 220 Å². The Morgan fingerprint density at radius 2 is 1.86 bits per heavy atom. The van der Waals surface area contributed by atoms with Crippen LogP contribution in [0, 0.1) is 29.1 Å². The fourth-order valence-electron chi connectivity index (χ4n) is 9.35. The second-order valence-electron chi connectivity index (χ2n) is 13.1. The van der Waals surface area contributed by atoms with Crippen molar-refractivity contribution < 1.29 is 19.1 Å². The van der Waals surface area contributed by atoms with Crippen molar-refractivity contribution >= 4 is 6.09 Å². The predicted molar refractivity (Wildman–Crippen MR) is 140 cm³/mol. The summed E-state index contributed by atoms with van der Waals surface area (Å²) in [5.74, 6) is 2.20. The molecule has 3 N–H and O–H groups in total. The number of ether oxygens (including phenoxy) is 1. The van der Waals surface area contributed by atoms with Gasteiger partial charge in [-0.3, -0.25) is 0 Å². The summed E-state index contributed by atoms with van der Waals surface area (Å²) in [6.45, 7) is 4.38. The maximum absolute atomic E-state index is 12.6. The Hall–Kier alpha value is -1.86. The van der Waals surface area contributed by atoms with E-state index in [9.17, 15) is 14.7 Å². The quantitative estimate of drug-likeness (QED) is 0.541. The third-order valence-electron chi connectivity index (χ3n) is 11.3. The van der Waals surface area contributed by atoms with Gasteiger partial charge in [0.05, 0.1) is 11.9 Å². The number of amides is 1. The number of nitrogens with one attached hydrogen (secondary N) is 2. The number of carbonyl (C=O) groups is 1. The van der Waals surface area contributed by atoms with Crippen LogP contribution in [0.1, 0.15) is 95.5 Å². The first-order chi connectivity index (χ1) is 17.8. The topological polar surface area (TPSA) is 101 Å². The summed E-state index contributed by atoms with van der Waals surface area (Å²) in [7, 11) is 0. The van der Waals surface area contributed by atoms with Crippen molar-refractivity contribution in [3.05, 3.63) is 34.4 Å². The molecule has 6 rings (SSSR count). The minimum absolute atomic E-state index is 0.00144. The Morgan fingerprint density at radius 1 is 1.05 bits per heavy atom. The molecule has 7 heteroatoms. The molecule has 1 aromatic rings. The van der Waals surface area contributed by atoms with Crippen molar-refractivity contribution in [1.29, 1.82) is 0 Å². The van der Waals surface area contributed by atoms with Crippen molar-refractivity contribution in [2.45, 2.75) is 108 Å². The van der Waals surface area contributed by atoms with Gasteiger partial charge in [-0.1, -0.05) is 6.92 Å². The van der Waals surface area contributed by atoms with Gasteiger partial charge >= 0.3 is 11.7 Å². The summed E-state index contributed by atoms with van der Waals surface area (Å²) in [4.78, 5) is 24.1. The number of aliphatic hydroxyl groups is 1. The SMILES string of the molecule is C[C@]12CC[C@H](OC(=O)NC3CCNCC3)C[C@H]1CC[C@@H]1[C@@H]2CC[C@@H]2CC1(O)CC[C@@H]2c1ccc(=O)oc1. The molecule has 0 spiro atoms. The van der Waals surface area contributed by atoms with Crippen LogP contribution in [0.15, 0.2) is 27.6 Å². The Bertz CT molecular complexity index is 1020. The fraction of sp³-hybridized carbons (Fsp3) is 0.800. The minimum Gasteiger partial charge on any atom is -0.446 e. The van der Waals surface area contributed by atoms with Crippen LogP contribution in [-0.2, 0) is 4.74 Å². The van der Waals surface area contributed by atoms with E-state index < -0.39 is 5.60 Å². The second-order valence-corrected chi connectivity index (χ2v) is 13.1. The minimum atomic E-state index is -0.589. The average Bonchev–Trinajstić information content (AvgIpc) is 3.00. The van der Waals surface area contributed by atoms with Crippen LogP contribution in [-0.4, -0.2) is 42.0 Å². The molecule has 1 aliphatic heterocycles. The first-order valence-corrected chi connectivity index (χ1v) is 14.8. The summed E-state index contributed by atoms with van der Waals surface area (Å²) in [6, 6.07) is 3.68. The highest BCUT2D eigenvalue weighted by Crippen LogP contribution is 2.63. The Kier molecular flexibility index (Phi) is 6.89. The summed E-state index contributed by atoms with van der Waals surface area (Å²) in [6.07, 6.45) is 13.4. The smallest absolute Gasteiger partial charge is 0.407 e. The van der Waals surface area contributed by atoms with Crippen molar-refractivity contribution in [3.63, 3.8) is 0 Å². The lowest BCUT2D eigenvalue weighted by atomic mass is 9.49. The molecule has 8 atom stereocenters. The van der Waals surface area contributed by atoms with Gasteiger partial charge in [-0.05, 0) is 137 Å². The molecule has 1 saturated heterocycles. The van der Waals surface area contributed by atoms with E-state index in [1.54, 1.807) is 6.26 Å². The largest absolute Gasteiger partial charge is 0.446 e. The molecule has 4 aliphatic carbocycles. The highest BCUT2D eigenvalue weighted by Gasteiger charge is 2.58. The Balaban J connectivity index is 1.13. The number of hydrogen-bond donors (Lipinski definition) is 3. The third kappa shape index (κ3) is 4.87. The molecule has 204 valence electrons. The van der Waals surface area contributed by atoms with Gasteiger partial charge in [0.2, 0.25) is 0 Å². The molecule has 1 amide bonds. The van der Waals surface area contributed by atoms with Crippen LogP contribution in [0.2, 0.25) is 0 Å². The normalized spacial score (nSPS) is 42.1. The van der Waals surface area contributed by atoms with E-state index in [1.165, 1.54) is 6.07 Å². The molecule has 37 heavy (non-hydrogen) atoms. The van der Waals surface area contributed by atoms with Crippen LogP contribution in [0.25, 0.3) is 0 Å². The van der Waals surface area contributed by atoms with Gasteiger partial charge in [-0.25, -0.2) is 9.59 Å². The zero-order valence-electron chi connectivity index (χ0n) is 22.3. The lowest BCUT2D eigenvalue weighted by Gasteiger charge is -2.58. The molecule has 2 bridgehead atoms. The maximum Gasteiger partial charge on any atom is 0.407 e. The Morgan fingerprint density at radius 3 is 2.65 bits per heavy atom. The van der Waals surface area contributed by atoms with Crippen LogP contribution in [0.4, 0.5) is 4.79 Å². The lowest BCUT2D eigenvalue weighted by Crippen LogP contribution is -2.55. The zero-order chi connectivity index (χ0) is 25.6. The van der Waals surface area contributed by atoms with Crippen molar-refractivity contribution in [1.82, 2.24) is 10.6 Å². The number of alkyl carbamates (subject to hydrolysis) is 1. The van der Waals surface area contributed by atoms with Gasteiger partial charge in [0.15, 0.2) is 0 Å². The average molecular weight is 513 g/mol. The molecular weight excluding hydrogens is 468 g/mol. The van der Waals surface area contributed by atoms with E-state index >= 15 is 0 Å². The zero-order valence-corrected chi connectivity index (χ0v) is 22.3. The van der Waals surface area contributed by atoms with E-state index in [0.717, 1.165) is 95.7 Å². The highest BCUT2D eigenvalue weighted by atomic mass is 16.6. The van der Waals surface area contributed by atoms with Crippen molar-refractivity contribution in [2.24, 2.45) is 29.1 Å². The molecule has 7 nitrogen and oxygen atoms in total. The molecule has 2 heterocycles. The molecular formula is C30H44N2O5. The molecule has 0 radical (unpaired) electrons. The van der Waals surface area contributed by atoms with Crippen molar-refractivity contribution in [2.75, 3.05) is 13.1 Å². The molecule has 4 saturated carbocycles. The first kappa shape index (κ1) is 25.4. The number of carbonyl (C=O) groups excluding carboxylic acids is 1. The predicted octanol–water partition coefficient (Wildman–Crippen LogP) is 4.73. The first-order valence-electron chi connectivity index (χ1n) is 14.8. The number of rotatable bonds is 3. The summed E-state index contributed by atoms with van der Waals surface area (Å²) in [5, 5.41) is 18.5. The van der Waals surface area contributed by atoms with Crippen LogP contribution < -0.4 is 16.3 Å². The number of hydrogen-bond acceptors (Lipinski definition) is 6. The number of fused-ring (bicyclic) bond motifs is 6. The molecule has 1 unspecified atom stereocenters. The molecule has 5 aliphatic rings. The van der Waals surface area contributed by atoms with Gasteiger partial charge in [0.25, 0.3) is 0 Å². The van der Waals surface area contributed by atoms with Crippen LogP contribution >= 0.6 is 0 Å². The van der Waals surface area contributed by atoms with E-state index in [0.29, 0.717) is 29.6 Å². The van der Waals surface area contributed by atoms with Crippen LogP contribution in [0.5, 0.6) is 0 Å². The lowest BCUT2D eigenvalue weighted by molar-refractivity contribution is -0.145. The third-order valence-corrected chi connectivity index (χ3v) is 11.3. The fourth-order valence-corrected chi connectivity index (χ4v) is 9.35. The van der Waals surface area contributed by atoms with Gasteiger partial charge in [-0.2, -0.15) is 0 Å². The number of piperidine rings is 1. The second kappa shape index (κ2) is 10.0. The molecule has 5 fully saturated rings. The monoisotopic (exact) mass is 512 g/mol. The molecule has 1 aromatic heterocycles. The van der Waals surface area contributed by atoms with Crippen LogP contribution in [0.3, 0.4) is 0 Å². The maximum atomic E-state index is 12.6. The van der Waals surface area contributed by atoms with Gasteiger partial charge in [-0.15, -0.1) is 0 Å². The molecule has 0 aromatic carbocycles. The summed E-state index contributed by atoms with van der Waals surface area (Å²) >= 11 is 0. The van der Waals surface area contributed by atoms with Gasteiger partial charge in [0, 0.05) is 12.1 Å². The van der Waals surface area contributed by atoms with Crippen molar-refractivity contribution in [3.8, 4) is 0 Å². The van der Waals surface area contributed by atoms with E-state index in [2.05, 4.69) is 17.6 Å². The van der Waals surface area contributed by atoms with E-state index in [-0.39, 0.29) is 29.3 Å². The standard InChI is InChI=1S/C30H44N2O5/c1-29-12-8-23(37-28(34)32-22-10-14-31-15-11-22)16-21(29)4-6-26-25(29)5-2-19-17-30(26,35)13-9-24(19)20-3-7-27(33)36-18-20/h3,7,18-19,21-26,31,35H,2,4-6,8-17H2,1H3,(H,32,34)/t19-,21-,23+,24+,25+,26-,29+,30?/m1/s1. The van der Waals surface area contributed by atoms with E-state index in [4.69, 9.17) is 9.15 Å². The highest BCUT2D eigenvalue weighted by molar-refractivity contribution is 5.67.